The molecule has 0 saturated carbocycles. The van der Waals surface area contributed by atoms with Gasteiger partial charge in [0.25, 0.3) is 0 Å². The molecule has 0 aliphatic heterocycles. The van der Waals surface area contributed by atoms with Gasteiger partial charge in [0.15, 0.2) is 5.82 Å². The molecule has 25 heavy (non-hydrogen) atoms. The number of nitrogens with one attached hydrogen (secondary N) is 1. The number of nitrogens with zero attached hydrogens (tertiary/aromatic N) is 4. The van der Waals surface area contributed by atoms with Crippen molar-refractivity contribution in [1.82, 2.24) is 14.5 Å². The van der Waals surface area contributed by atoms with E-state index >= 15 is 0 Å². The van der Waals surface area contributed by atoms with Crippen LogP contribution in [0, 0.1) is 0 Å². The van der Waals surface area contributed by atoms with E-state index in [1.165, 1.54) is 6.08 Å². The van der Waals surface area contributed by atoms with Gasteiger partial charge in [0, 0.05) is 25.4 Å². The van der Waals surface area contributed by atoms with Crippen LogP contribution in [0.15, 0.2) is 52.3 Å². The van der Waals surface area contributed by atoms with Crippen molar-refractivity contribution in [3.8, 4) is 0 Å². The third kappa shape index (κ3) is 3.72. The molecule has 130 valence electrons. The fraction of sp³-hybridized carbons (Fsp3) is 0.235. The van der Waals surface area contributed by atoms with Gasteiger partial charge in [0.05, 0.1) is 10.5 Å². The summed E-state index contributed by atoms with van der Waals surface area (Å²) in [5, 5.41) is 17.8. The van der Waals surface area contributed by atoms with E-state index < -0.39 is 5.78 Å². The Morgan fingerprint density at radius 1 is 1.36 bits per heavy atom. The molecule has 0 saturated heterocycles. The lowest BCUT2D eigenvalue weighted by atomic mass is 10.1. The Bertz CT molecular complexity index is 911. The lowest BCUT2D eigenvalue weighted by Crippen LogP contribution is -2.21. The Morgan fingerprint density at radius 2 is 2.16 bits per heavy atom. The number of carbonyl (C=O) groups is 1. The van der Waals surface area contributed by atoms with Crippen molar-refractivity contribution in [2.45, 2.75) is 0 Å². The zero-order valence-corrected chi connectivity index (χ0v) is 14.7. The normalized spacial score (nSPS) is 16.5. The molecular weight excluding hydrogens is 342 g/mol. The van der Waals surface area contributed by atoms with E-state index in [0.29, 0.717) is 18.1 Å². The van der Waals surface area contributed by atoms with Crippen LogP contribution < -0.4 is 5.32 Å². The summed E-state index contributed by atoms with van der Waals surface area (Å²) in [7, 11) is 3.97. The summed E-state index contributed by atoms with van der Waals surface area (Å²) in [6.07, 6.45) is 4.24. The van der Waals surface area contributed by atoms with Gasteiger partial charge in [-0.25, -0.2) is 9.51 Å². The number of allylic oxidation sites excluding steroid dienone is 3. The van der Waals surface area contributed by atoms with Gasteiger partial charge in [-0.15, -0.1) is 5.10 Å². The molecule has 0 radical (unpaired) electrons. The Balaban J connectivity index is 2.03. The number of hydrogen-bond donors (Lipinski definition) is 2. The summed E-state index contributed by atoms with van der Waals surface area (Å²) in [5.41, 5.74) is 1.57. The largest absolute Gasteiger partial charge is 0.506 e. The van der Waals surface area contributed by atoms with Gasteiger partial charge >= 0.3 is 0 Å². The molecule has 0 amide bonds. The predicted octanol–water partition coefficient (Wildman–Crippen LogP) is 2.53. The number of carbonyl (C=O) groups excluding carboxylic acids is 1. The summed E-state index contributed by atoms with van der Waals surface area (Å²) < 4.78 is 1.71. The second kappa shape index (κ2) is 7.08. The molecular formula is C17H18ClN5O2. The average molecular weight is 360 g/mol. The van der Waals surface area contributed by atoms with Crippen molar-refractivity contribution in [1.29, 1.82) is 0 Å². The average Bonchev–Trinajstić information content (AvgIpc) is 2.90. The molecule has 0 atom stereocenters. The van der Waals surface area contributed by atoms with Crippen molar-refractivity contribution in [3.63, 3.8) is 0 Å². The van der Waals surface area contributed by atoms with E-state index in [1.807, 2.05) is 38.5 Å². The van der Waals surface area contributed by atoms with Crippen LogP contribution in [0.4, 0.5) is 11.5 Å². The number of ketones is 1. The second-order valence-electron chi connectivity index (χ2n) is 5.84. The quantitative estimate of drug-likeness (QED) is 0.802. The van der Waals surface area contributed by atoms with Crippen molar-refractivity contribution in [2.75, 3.05) is 32.5 Å². The second-order valence-corrected chi connectivity index (χ2v) is 6.25. The number of aliphatic hydroxyl groups excluding tert-OH is 1. The van der Waals surface area contributed by atoms with E-state index in [4.69, 9.17) is 11.6 Å². The Hall–Kier alpha value is -2.64. The van der Waals surface area contributed by atoms with Crippen LogP contribution in [-0.2, 0) is 4.79 Å². The van der Waals surface area contributed by atoms with Crippen LogP contribution in [0.1, 0.15) is 0 Å². The van der Waals surface area contributed by atoms with Crippen molar-refractivity contribution in [2.24, 2.45) is 4.99 Å². The van der Waals surface area contributed by atoms with Crippen LogP contribution in [0.25, 0.3) is 5.52 Å². The first-order valence-corrected chi connectivity index (χ1v) is 8.10. The molecule has 2 aromatic rings. The number of aromatic nitrogens is 2. The van der Waals surface area contributed by atoms with E-state index in [2.05, 4.69) is 20.3 Å². The third-order valence-electron chi connectivity index (χ3n) is 3.63. The maximum absolute atomic E-state index is 11.5. The number of fused-ring (bicyclic) bond motifs is 1. The molecule has 2 N–H and O–H groups in total. The molecule has 0 spiro atoms. The molecule has 0 aromatic carbocycles. The molecule has 0 unspecified atom stereocenters. The summed E-state index contributed by atoms with van der Waals surface area (Å²) in [6.45, 7) is 1.51. The molecule has 0 fully saturated rings. The third-order valence-corrected chi connectivity index (χ3v) is 3.92. The monoisotopic (exact) mass is 359 g/mol. The summed E-state index contributed by atoms with van der Waals surface area (Å²) in [4.78, 5) is 18.1. The van der Waals surface area contributed by atoms with Crippen molar-refractivity contribution < 1.29 is 9.90 Å². The topological polar surface area (TPSA) is 82.2 Å². The van der Waals surface area contributed by atoms with Crippen molar-refractivity contribution in [3.05, 3.63) is 47.3 Å². The number of aliphatic hydroxyl groups is 1. The van der Waals surface area contributed by atoms with Crippen LogP contribution in [0.3, 0.4) is 0 Å². The van der Waals surface area contributed by atoms with Gasteiger partial charge < -0.3 is 15.3 Å². The van der Waals surface area contributed by atoms with Crippen molar-refractivity contribution >= 4 is 40.1 Å². The van der Waals surface area contributed by atoms with Gasteiger partial charge in [-0.3, -0.25) is 4.79 Å². The number of anilines is 1. The minimum atomic E-state index is -0.442. The first kappa shape index (κ1) is 17.2. The van der Waals surface area contributed by atoms with Gasteiger partial charge in [-0.1, -0.05) is 17.7 Å². The summed E-state index contributed by atoms with van der Waals surface area (Å²) >= 11 is 5.88. The van der Waals surface area contributed by atoms with Crippen LogP contribution in [-0.4, -0.2) is 58.3 Å². The van der Waals surface area contributed by atoms with E-state index in [1.54, 1.807) is 4.52 Å². The lowest BCUT2D eigenvalue weighted by molar-refractivity contribution is -0.110. The fourth-order valence-corrected chi connectivity index (χ4v) is 2.51. The lowest BCUT2D eigenvalue weighted by Gasteiger charge is -2.10. The summed E-state index contributed by atoms with van der Waals surface area (Å²) in [6, 6.07) is 5.63. The molecule has 1 aliphatic carbocycles. The number of rotatable bonds is 5. The Labute approximate surface area is 149 Å². The molecule has 3 rings (SSSR count). The molecule has 7 nitrogen and oxygen atoms in total. The standard InChI is InChI=1S/C17H18ClN5O2/c1-22(2)8-6-19-17-16(13-5-3-4-7-23(13)21-17)20-12-9-11(18)14(24)10-15(12)25/h3-5,7,9-10,25H,6,8H2,1-2H3,(H,19,21)/b20-12+. The maximum Gasteiger partial charge on any atom is 0.201 e. The molecule has 8 heteroatoms. The highest BCUT2D eigenvalue weighted by Gasteiger charge is 2.19. The first-order valence-electron chi connectivity index (χ1n) is 7.73. The van der Waals surface area contributed by atoms with Crippen LogP contribution in [0.5, 0.6) is 0 Å². The number of pyridine rings is 1. The number of likely N-dealkylation sites (N-methyl/N-ethyl adjacent to an activating group) is 1. The predicted molar refractivity (Wildman–Crippen MR) is 99.0 cm³/mol. The zero-order valence-electron chi connectivity index (χ0n) is 13.9. The Morgan fingerprint density at radius 3 is 2.92 bits per heavy atom. The highest BCUT2D eigenvalue weighted by molar-refractivity contribution is 6.47. The molecule has 1 aliphatic rings. The van der Waals surface area contributed by atoms with E-state index in [0.717, 1.165) is 18.1 Å². The van der Waals surface area contributed by atoms with Gasteiger partial charge in [0.2, 0.25) is 5.78 Å². The van der Waals surface area contributed by atoms with Crippen LogP contribution in [0.2, 0.25) is 0 Å². The minimum Gasteiger partial charge on any atom is -0.506 e. The SMILES string of the molecule is CN(C)CCNc1nn2ccccc2c1/N=C1\C=C(Cl)C(=O)C=C1O. The number of aliphatic imine (C=N–C) groups is 1. The fourth-order valence-electron chi connectivity index (χ4n) is 2.36. The molecule has 0 bridgehead atoms. The summed E-state index contributed by atoms with van der Waals surface area (Å²) in [5.74, 6) is -0.0685. The number of hydrogen-bond acceptors (Lipinski definition) is 6. The Kier molecular flexibility index (Phi) is 4.87. The highest BCUT2D eigenvalue weighted by Crippen LogP contribution is 2.31. The molecule has 2 heterocycles. The highest BCUT2D eigenvalue weighted by atomic mass is 35.5. The van der Waals surface area contributed by atoms with Gasteiger partial charge in [-0.2, -0.15) is 0 Å². The molecule has 2 aromatic heterocycles. The van der Waals surface area contributed by atoms with E-state index in [9.17, 15) is 9.90 Å². The smallest absolute Gasteiger partial charge is 0.201 e. The van der Waals surface area contributed by atoms with Gasteiger partial charge in [-0.05, 0) is 32.3 Å². The number of halogens is 1. The first-order chi connectivity index (χ1) is 12.0. The maximum atomic E-state index is 11.5. The van der Waals surface area contributed by atoms with Crippen LogP contribution >= 0.6 is 11.6 Å². The van der Waals surface area contributed by atoms with E-state index in [-0.39, 0.29) is 16.5 Å². The zero-order chi connectivity index (χ0) is 18.0. The van der Waals surface area contributed by atoms with Gasteiger partial charge in [0.1, 0.15) is 17.2 Å². The minimum absolute atomic E-state index is 0.00939.